The van der Waals surface area contributed by atoms with Gasteiger partial charge in [0.1, 0.15) is 17.3 Å². The number of hydrogen-bond acceptors (Lipinski definition) is 4. The van der Waals surface area contributed by atoms with Crippen molar-refractivity contribution in [2.45, 2.75) is 13.8 Å². The van der Waals surface area contributed by atoms with Crippen LogP contribution in [0.1, 0.15) is 24.3 Å². The average molecular weight is 276 g/mol. The normalized spacial score (nSPS) is 9.20. The first-order valence-corrected chi connectivity index (χ1v) is 6.41. The molecule has 0 aliphatic rings. The van der Waals surface area contributed by atoms with Crippen LogP contribution < -0.4 is 15.4 Å². The number of anilines is 2. The minimum Gasteiger partial charge on any atom is -0.497 e. The van der Waals surface area contributed by atoms with E-state index in [0.29, 0.717) is 22.9 Å². The molecule has 1 amide bonds. The number of ether oxygens (including phenoxy) is 1. The summed E-state index contributed by atoms with van der Waals surface area (Å²) in [4.78, 5) is 11.9. The zero-order valence-corrected chi connectivity index (χ0v) is 12.2. The molecule has 6 heteroatoms. The lowest BCUT2D eigenvalue weighted by atomic mass is 10.3. The van der Waals surface area contributed by atoms with E-state index < -0.39 is 0 Å². The lowest BCUT2D eigenvalue weighted by Crippen LogP contribution is -2.12. The number of rotatable bonds is 4. The van der Waals surface area contributed by atoms with Gasteiger partial charge in [-0.15, -0.1) is 0 Å². The maximum atomic E-state index is 11.9. The summed E-state index contributed by atoms with van der Waals surface area (Å²) < 4.78 is 5.08. The van der Waals surface area contributed by atoms with Gasteiger partial charge in [0.25, 0.3) is 5.91 Å². The van der Waals surface area contributed by atoms with Gasteiger partial charge < -0.3 is 15.4 Å². The molecule has 1 aromatic heterocycles. The van der Waals surface area contributed by atoms with Crippen molar-refractivity contribution in [3.63, 3.8) is 0 Å². The van der Waals surface area contributed by atoms with E-state index in [4.69, 9.17) is 4.74 Å². The Balaban J connectivity index is 0.000000956. The van der Waals surface area contributed by atoms with E-state index in [-0.39, 0.29) is 5.91 Å². The molecule has 0 radical (unpaired) electrons. The molecule has 20 heavy (non-hydrogen) atoms. The molecule has 0 spiro atoms. The number of hydrogen-bond donors (Lipinski definition) is 3. The number of methoxy groups -OCH3 is 1. The predicted octanol–water partition coefficient (Wildman–Crippen LogP) is 2.74. The standard InChI is InChI=1S/C12H14N4O2.C2H6/c1-13-11-7-10(15-16-11)12(17)14-8-4-3-5-9(6-8)18-2;1-2/h3-7H,1-2H3,(H,14,17)(H2,13,15,16);1-2H3. The van der Waals surface area contributed by atoms with E-state index in [0.717, 1.165) is 0 Å². The lowest BCUT2D eigenvalue weighted by molar-refractivity contribution is 0.102. The van der Waals surface area contributed by atoms with Crippen molar-refractivity contribution < 1.29 is 9.53 Å². The van der Waals surface area contributed by atoms with Gasteiger partial charge >= 0.3 is 0 Å². The monoisotopic (exact) mass is 276 g/mol. The van der Waals surface area contributed by atoms with Crippen molar-refractivity contribution in [3.8, 4) is 5.75 Å². The van der Waals surface area contributed by atoms with Crippen LogP contribution in [0.4, 0.5) is 11.5 Å². The number of benzene rings is 1. The van der Waals surface area contributed by atoms with Crippen LogP contribution in [0.3, 0.4) is 0 Å². The first-order valence-electron chi connectivity index (χ1n) is 6.41. The fourth-order valence-corrected chi connectivity index (χ4v) is 1.47. The third-order valence-corrected chi connectivity index (χ3v) is 2.41. The highest BCUT2D eigenvalue weighted by Crippen LogP contribution is 2.17. The number of nitrogens with one attached hydrogen (secondary N) is 3. The molecule has 0 saturated carbocycles. The molecule has 1 aromatic carbocycles. The zero-order chi connectivity index (χ0) is 15.0. The van der Waals surface area contributed by atoms with Crippen molar-refractivity contribution in [2.75, 3.05) is 24.8 Å². The molecular weight excluding hydrogens is 256 g/mol. The van der Waals surface area contributed by atoms with Crippen molar-refractivity contribution in [2.24, 2.45) is 0 Å². The quantitative estimate of drug-likeness (QED) is 0.802. The Hall–Kier alpha value is -2.50. The fraction of sp³-hybridized carbons (Fsp3) is 0.286. The highest BCUT2D eigenvalue weighted by atomic mass is 16.5. The van der Waals surface area contributed by atoms with Gasteiger partial charge in [0.2, 0.25) is 0 Å². The summed E-state index contributed by atoms with van der Waals surface area (Å²) in [7, 11) is 3.31. The Bertz CT molecular complexity index is 552. The Morgan fingerprint density at radius 2 is 2.05 bits per heavy atom. The molecule has 0 aliphatic carbocycles. The summed E-state index contributed by atoms with van der Waals surface area (Å²) in [5.41, 5.74) is 1.06. The number of aromatic nitrogens is 2. The van der Waals surface area contributed by atoms with Crippen molar-refractivity contribution in [1.82, 2.24) is 10.2 Å². The number of carbonyl (C=O) groups excluding carboxylic acids is 1. The summed E-state index contributed by atoms with van der Waals surface area (Å²) in [5, 5.41) is 12.2. The smallest absolute Gasteiger partial charge is 0.273 e. The molecule has 0 aliphatic heterocycles. The molecule has 2 rings (SSSR count). The highest BCUT2D eigenvalue weighted by molar-refractivity contribution is 6.03. The highest BCUT2D eigenvalue weighted by Gasteiger charge is 2.09. The van der Waals surface area contributed by atoms with E-state index >= 15 is 0 Å². The molecule has 0 unspecified atom stereocenters. The van der Waals surface area contributed by atoms with Crippen LogP contribution in [-0.4, -0.2) is 30.3 Å². The van der Waals surface area contributed by atoms with Gasteiger partial charge in [-0.05, 0) is 12.1 Å². The fourth-order valence-electron chi connectivity index (χ4n) is 1.47. The van der Waals surface area contributed by atoms with Crippen LogP contribution in [0.2, 0.25) is 0 Å². The molecule has 108 valence electrons. The molecule has 3 N–H and O–H groups in total. The van der Waals surface area contributed by atoms with Gasteiger partial charge in [-0.25, -0.2) is 0 Å². The average Bonchev–Trinajstić information content (AvgIpc) is 2.98. The van der Waals surface area contributed by atoms with Crippen LogP contribution in [0.25, 0.3) is 0 Å². The number of aromatic amines is 1. The van der Waals surface area contributed by atoms with E-state index in [1.807, 2.05) is 19.9 Å². The molecule has 0 atom stereocenters. The van der Waals surface area contributed by atoms with Crippen LogP contribution in [0, 0.1) is 0 Å². The predicted molar refractivity (Wildman–Crippen MR) is 80.4 cm³/mol. The zero-order valence-electron chi connectivity index (χ0n) is 12.2. The maximum absolute atomic E-state index is 11.9. The Kier molecular flexibility index (Phi) is 6.09. The van der Waals surface area contributed by atoms with E-state index in [9.17, 15) is 4.79 Å². The van der Waals surface area contributed by atoms with Crippen molar-refractivity contribution in [1.29, 1.82) is 0 Å². The van der Waals surface area contributed by atoms with Gasteiger partial charge in [0.15, 0.2) is 0 Å². The van der Waals surface area contributed by atoms with Crippen molar-refractivity contribution in [3.05, 3.63) is 36.0 Å². The SMILES string of the molecule is CC.CNc1cc(C(=O)Nc2cccc(OC)c2)[nH]n1. The lowest BCUT2D eigenvalue weighted by Gasteiger charge is -2.05. The van der Waals surface area contributed by atoms with Gasteiger partial charge in [-0.3, -0.25) is 9.89 Å². The molecule has 1 heterocycles. The number of H-pyrrole nitrogens is 1. The Morgan fingerprint density at radius 1 is 1.30 bits per heavy atom. The first-order chi connectivity index (χ1) is 9.72. The van der Waals surface area contributed by atoms with Crippen LogP contribution >= 0.6 is 0 Å². The Morgan fingerprint density at radius 3 is 2.65 bits per heavy atom. The summed E-state index contributed by atoms with van der Waals surface area (Å²) in [6, 6.07) is 8.78. The van der Waals surface area contributed by atoms with E-state index in [1.54, 1.807) is 38.4 Å². The number of amides is 1. The van der Waals surface area contributed by atoms with E-state index in [1.165, 1.54) is 0 Å². The van der Waals surface area contributed by atoms with Crippen LogP contribution in [-0.2, 0) is 0 Å². The van der Waals surface area contributed by atoms with Gasteiger partial charge in [-0.1, -0.05) is 19.9 Å². The molecule has 0 fully saturated rings. The van der Waals surface area contributed by atoms with Gasteiger partial charge in [-0.2, -0.15) is 5.10 Å². The first kappa shape index (κ1) is 15.6. The maximum Gasteiger partial charge on any atom is 0.273 e. The molecular formula is C14H20N4O2. The topological polar surface area (TPSA) is 79.0 Å². The third-order valence-electron chi connectivity index (χ3n) is 2.41. The summed E-state index contributed by atoms with van der Waals surface area (Å²) >= 11 is 0. The Labute approximate surface area is 118 Å². The van der Waals surface area contributed by atoms with Crippen LogP contribution in [0.5, 0.6) is 5.75 Å². The second-order valence-electron chi connectivity index (χ2n) is 3.60. The minimum absolute atomic E-state index is 0.253. The van der Waals surface area contributed by atoms with Crippen molar-refractivity contribution >= 4 is 17.4 Å². The second kappa shape index (κ2) is 7.83. The van der Waals surface area contributed by atoms with E-state index in [2.05, 4.69) is 20.8 Å². The minimum atomic E-state index is -0.253. The molecule has 0 saturated heterocycles. The second-order valence-corrected chi connectivity index (χ2v) is 3.60. The molecule has 0 bridgehead atoms. The number of nitrogens with zero attached hydrogens (tertiary/aromatic N) is 1. The summed E-state index contributed by atoms with van der Waals surface area (Å²) in [6.45, 7) is 4.00. The van der Waals surface area contributed by atoms with Gasteiger partial charge in [0.05, 0.1) is 7.11 Å². The van der Waals surface area contributed by atoms with Gasteiger partial charge in [0, 0.05) is 24.9 Å². The summed E-state index contributed by atoms with van der Waals surface area (Å²) in [6.07, 6.45) is 0. The third kappa shape index (κ3) is 4.01. The van der Waals surface area contributed by atoms with Crippen LogP contribution in [0.15, 0.2) is 30.3 Å². The molecule has 6 nitrogen and oxygen atoms in total. The number of carbonyl (C=O) groups is 1. The summed E-state index contributed by atoms with van der Waals surface area (Å²) in [5.74, 6) is 1.05. The molecule has 2 aromatic rings. The largest absolute Gasteiger partial charge is 0.497 e.